The van der Waals surface area contributed by atoms with Gasteiger partial charge in [0.25, 0.3) is 0 Å². The highest BCUT2D eigenvalue weighted by Gasteiger charge is 2.39. The summed E-state index contributed by atoms with van der Waals surface area (Å²) in [6.07, 6.45) is 3.10. The van der Waals surface area contributed by atoms with Gasteiger partial charge in [-0.1, -0.05) is 48.5 Å². The number of primary amides is 1. The third-order valence-electron chi connectivity index (χ3n) is 5.92. The van der Waals surface area contributed by atoms with Crippen LogP contribution in [0, 0.1) is 18.3 Å². The van der Waals surface area contributed by atoms with Gasteiger partial charge >= 0.3 is 0 Å². The van der Waals surface area contributed by atoms with Gasteiger partial charge in [-0.2, -0.15) is 0 Å². The lowest BCUT2D eigenvalue weighted by molar-refractivity contribution is 0.1000. The van der Waals surface area contributed by atoms with Crippen LogP contribution >= 0.6 is 0 Å². The van der Waals surface area contributed by atoms with Crippen molar-refractivity contribution in [2.75, 3.05) is 32.7 Å². The number of carbonyl (C=O) groups excluding carboxylic acids is 1. The van der Waals surface area contributed by atoms with Crippen LogP contribution < -0.4 is 5.73 Å². The molecule has 1 radical (unpaired) electrons. The van der Waals surface area contributed by atoms with Gasteiger partial charge in [-0.15, -0.1) is 0 Å². The third kappa shape index (κ3) is 4.40. The fraction of sp³-hybridized carbons (Fsp3) is 0.391. The van der Waals surface area contributed by atoms with E-state index in [1.54, 1.807) is 6.07 Å². The summed E-state index contributed by atoms with van der Waals surface area (Å²) in [4.78, 5) is 16.7. The number of amides is 1. The Kier molecular flexibility index (Phi) is 5.55. The summed E-state index contributed by atoms with van der Waals surface area (Å²) < 4.78 is 0. The van der Waals surface area contributed by atoms with Crippen molar-refractivity contribution in [1.82, 2.24) is 9.80 Å². The van der Waals surface area contributed by atoms with Crippen molar-refractivity contribution < 1.29 is 4.79 Å². The van der Waals surface area contributed by atoms with Gasteiger partial charge in [-0.3, -0.25) is 9.69 Å². The first-order valence-corrected chi connectivity index (χ1v) is 9.90. The zero-order valence-corrected chi connectivity index (χ0v) is 15.8. The largest absolute Gasteiger partial charge is 0.366 e. The topological polar surface area (TPSA) is 49.6 Å². The van der Waals surface area contributed by atoms with Crippen LogP contribution in [0.3, 0.4) is 0 Å². The van der Waals surface area contributed by atoms with E-state index in [0.29, 0.717) is 5.56 Å². The molecule has 2 saturated heterocycles. The van der Waals surface area contributed by atoms with E-state index < -0.39 is 0 Å². The predicted molar refractivity (Wildman–Crippen MR) is 108 cm³/mol. The Balaban J connectivity index is 1.22. The monoisotopic (exact) mass is 362 g/mol. The molecule has 4 heteroatoms. The van der Waals surface area contributed by atoms with Crippen molar-refractivity contribution in [3.05, 3.63) is 77.7 Å². The lowest BCUT2D eigenvalue weighted by atomic mass is 10.0. The lowest BCUT2D eigenvalue weighted by Crippen LogP contribution is -2.29. The SMILES string of the molecule is NC(=O)c1ccccc1[CH]CCN1CC2CN(Cc3ccccc3)CC2C1. The molecule has 0 aliphatic carbocycles. The molecular weight excluding hydrogens is 334 g/mol. The maximum Gasteiger partial charge on any atom is 0.248 e. The molecule has 0 aromatic heterocycles. The second kappa shape index (κ2) is 8.24. The quantitative estimate of drug-likeness (QED) is 0.824. The summed E-state index contributed by atoms with van der Waals surface area (Å²) >= 11 is 0. The number of benzene rings is 2. The second-order valence-electron chi connectivity index (χ2n) is 7.90. The fourth-order valence-electron chi connectivity index (χ4n) is 4.64. The first kappa shape index (κ1) is 18.2. The zero-order valence-electron chi connectivity index (χ0n) is 15.8. The van der Waals surface area contributed by atoms with Crippen LogP contribution in [0.1, 0.15) is 27.9 Å². The van der Waals surface area contributed by atoms with E-state index in [-0.39, 0.29) is 5.91 Å². The molecule has 2 aliphatic heterocycles. The average molecular weight is 362 g/mol. The van der Waals surface area contributed by atoms with E-state index in [1.165, 1.54) is 31.7 Å². The van der Waals surface area contributed by atoms with Gasteiger partial charge in [0.1, 0.15) is 0 Å². The minimum absolute atomic E-state index is 0.351. The third-order valence-corrected chi connectivity index (χ3v) is 5.92. The lowest BCUT2D eigenvalue weighted by Gasteiger charge is -2.21. The second-order valence-corrected chi connectivity index (χ2v) is 7.90. The van der Waals surface area contributed by atoms with E-state index in [1.807, 2.05) is 18.2 Å². The smallest absolute Gasteiger partial charge is 0.248 e. The van der Waals surface area contributed by atoms with Crippen molar-refractivity contribution >= 4 is 5.91 Å². The first-order valence-electron chi connectivity index (χ1n) is 9.90. The number of rotatable bonds is 7. The van der Waals surface area contributed by atoms with Crippen molar-refractivity contribution in [2.24, 2.45) is 17.6 Å². The molecule has 27 heavy (non-hydrogen) atoms. The summed E-state index contributed by atoms with van der Waals surface area (Å²) in [7, 11) is 0. The Morgan fingerprint density at radius 2 is 1.56 bits per heavy atom. The van der Waals surface area contributed by atoms with E-state index in [4.69, 9.17) is 5.73 Å². The van der Waals surface area contributed by atoms with Crippen molar-refractivity contribution in [3.8, 4) is 0 Å². The first-order chi connectivity index (χ1) is 13.2. The standard InChI is InChI=1S/C23H28N3O/c24-23(27)22-11-5-4-9-19(22)10-6-12-25-14-20-16-26(17-21(20)15-25)13-18-7-2-1-3-8-18/h1-5,7-11,20-21H,6,12-17H2,(H2,24,27). The van der Waals surface area contributed by atoms with Crippen LogP contribution in [-0.4, -0.2) is 48.4 Å². The van der Waals surface area contributed by atoms with E-state index in [2.05, 4.69) is 46.6 Å². The van der Waals surface area contributed by atoms with Crippen LogP contribution in [0.25, 0.3) is 0 Å². The maximum absolute atomic E-state index is 11.5. The molecular formula is C23H28N3O. The number of hydrogen-bond acceptors (Lipinski definition) is 3. The molecule has 4 rings (SSSR count). The summed E-state index contributed by atoms with van der Waals surface area (Å²) in [6, 6.07) is 18.4. The summed E-state index contributed by atoms with van der Waals surface area (Å²) in [5.41, 5.74) is 8.45. The Hall–Kier alpha value is -2.17. The molecule has 141 valence electrons. The van der Waals surface area contributed by atoms with Gasteiger partial charge in [-0.05, 0) is 48.4 Å². The molecule has 0 saturated carbocycles. The zero-order chi connectivity index (χ0) is 18.6. The summed E-state index contributed by atoms with van der Waals surface area (Å²) in [5.74, 6) is 1.24. The molecule has 1 amide bonds. The van der Waals surface area contributed by atoms with Gasteiger partial charge < -0.3 is 10.6 Å². The molecule has 4 nitrogen and oxygen atoms in total. The molecule has 0 bridgehead atoms. The van der Waals surface area contributed by atoms with Crippen molar-refractivity contribution in [2.45, 2.75) is 13.0 Å². The minimum Gasteiger partial charge on any atom is -0.366 e. The van der Waals surface area contributed by atoms with Crippen molar-refractivity contribution in [3.63, 3.8) is 0 Å². The van der Waals surface area contributed by atoms with Crippen LogP contribution in [0.2, 0.25) is 0 Å². The van der Waals surface area contributed by atoms with E-state index >= 15 is 0 Å². The maximum atomic E-state index is 11.5. The Bertz CT molecular complexity index is 762. The fourth-order valence-corrected chi connectivity index (χ4v) is 4.64. The normalized spacial score (nSPS) is 22.8. The Morgan fingerprint density at radius 1 is 0.926 bits per heavy atom. The van der Waals surface area contributed by atoms with E-state index in [0.717, 1.165) is 36.9 Å². The van der Waals surface area contributed by atoms with Crippen LogP contribution in [-0.2, 0) is 6.54 Å². The van der Waals surface area contributed by atoms with E-state index in [9.17, 15) is 4.79 Å². The molecule has 2 aromatic carbocycles. The van der Waals surface area contributed by atoms with Gasteiger partial charge in [0.15, 0.2) is 0 Å². The van der Waals surface area contributed by atoms with Crippen LogP contribution in [0.15, 0.2) is 54.6 Å². The van der Waals surface area contributed by atoms with Crippen molar-refractivity contribution in [1.29, 1.82) is 0 Å². The molecule has 2 atom stereocenters. The average Bonchev–Trinajstić information content (AvgIpc) is 3.21. The number of nitrogens with two attached hydrogens (primary N) is 1. The molecule has 2 aliphatic rings. The van der Waals surface area contributed by atoms with Gasteiger partial charge in [0.05, 0.1) is 0 Å². The molecule has 2 unspecified atom stereocenters. The van der Waals surface area contributed by atoms with Crippen LogP contribution in [0.4, 0.5) is 0 Å². The number of hydrogen-bond donors (Lipinski definition) is 1. The van der Waals surface area contributed by atoms with Crippen LogP contribution in [0.5, 0.6) is 0 Å². The number of likely N-dealkylation sites (tertiary alicyclic amines) is 2. The molecule has 0 spiro atoms. The molecule has 2 N–H and O–H groups in total. The predicted octanol–water partition coefficient (Wildman–Crippen LogP) is 2.79. The highest BCUT2D eigenvalue weighted by atomic mass is 16.1. The highest BCUT2D eigenvalue weighted by molar-refractivity contribution is 5.94. The number of carbonyl (C=O) groups is 1. The van der Waals surface area contributed by atoms with Gasteiger partial charge in [-0.25, -0.2) is 0 Å². The number of nitrogens with zero attached hydrogens (tertiary/aromatic N) is 2. The summed E-state index contributed by atoms with van der Waals surface area (Å²) in [6.45, 7) is 6.95. The molecule has 2 aromatic rings. The molecule has 2 fully saturated rings. The Labute approximate surface area is 162 Å². The minimum atomic E-state index is -0.351. The highest BCUT2D eigenvalue weighted by Crippen LogP contribution is 2.32. The Morgan fingerprint density at radius 3 is 2.26 bits per heavy atom. The summed E-state index contributed by atoms with van der Waals surface area (Å²) in [5, 5.41) is 0. The van der Waals surface area contributed by atoms with Gasteiger partial charge in [0.2, 0.25) is 5.91 Å². The van der Waals surface area contributed by atoms with Gasteiger partial charge in [0, 0.05) is 38.3 Å². The number of fused-ring (bicyclic) bond motifs is 1. The molecule has 2 heterocycles.